The molecular weight excluding hydrogens is 596 g/mol. The van der Waals surface area contributed by atoms with Crippen molar-refractivity contribution in [2.75, 3.05) is 6.61 Å². The lowest BCUT2D eigenvalue weighted by atomic mass is 9.96. The Kier molecular flexibility index (Phi) is 9.23. The summed E-state index contributed by atoms with van der Waals surface area (Å²) in [6.07, 6.45) is 6.55. The molecule has 1 aliphatic rings. The number of hydrogen-bond acceptors (Lipinski definition) is 8. The number of para-hydroxylation sites is 1. The van der Waals surface area contributed by atoms with Gasteiger partial charge in [-0.15, -0.1) is 10.2 Å². The minimum Gasteiger partial charge on any atom is -0.462 e. The Morgan fingerprint density at radius 1 is 0.915 bits per heavy atom. The van der Waals surface area contributed by atoms with Gasteiger partial charge in [-0.1, -0.05) is 86.2 Å². The number of carbonyl (C=O) groups excluding carboxylic acids is 2. The van der Waals surface area contributed by atoms with Crippen LogP contribution in [0.1, 0.15) is 72.9 Å². The van der Waals surface area contributed by atoms with E-state index in [0.717, 1.165) is 40.8 Å². The fourth-order valence-corrected chi connectivity index (χ4v) is 6.04. The summed E-state index contributed by atoms with van der Waals surface area (Å²) in [4.78, 5) is 40.4. The van der Waals surface area contributed by atoms with Crippen LogP contribution in [0.3, 0.4) is 0 Å². The molecule has 2 atom stereocenters. The first-order chi connectivity index (χ1) is 22.9. The highest BCUT2D eigenvalue weighted by molar-refractivity contribution is 5.94. The van der Waals surface area contributed by atoms with Crippen LogP contribution >= 0.6 is 0 Å². The number of nitrogens with zero attached hydrogens (tertiary/aromatic N) is 5. The molecule has 2 unspecified atom stereocenters. The lowest BCUT2D eigenvalue weighted by molar-refractivity contribution is -0.137. The number of allylic oxidation sites excluding steroid dienone is 1. The van der Waals surface area contributed by atoms with Gasteiger partial charge in [-0.25, -0.2) is 14.3 Å². The van der Waals surface area contributed by atoms with Crippen LogP contribution in [-0.2, 0) is 22.4 Å². The molecule has 11 nitrogen and oxygen atoms in total. The number of aromatic amines is 1. The summed E-state index contributed by atoms with van der Waals surface area (Å²) in [6, 6.07) is 21.2. The Bertz CT molecular complexity index is 1970. The zero-order valence-corrected chi connectivity index (χ0v) is 26.6. The quantitative estimate of drug-likeness (QED) is 0.108. The van der Waals surface area contributed by atoms with Crippen molar-refractivity contribution in [3.63, 3.8) is 0 Å². The molecule has 47 heavy (non-hydrogen) atoms. The number of ether oxygens (including phenoxy) is 2. The van der Waals surface area contributed by atoms with Gasteiger partial charge in [0.25, 0.3) is 5.56 Å². The first-order valence-corrected chi connectivity index (χ1v) is 15.8. The van der Waals surface area contributed by atoms with Crippen molar-refractivity contribution in [1.82, 2.24) is 30.0 Å². The van der Waals surface area contributed by atoms with E-state index in [0.29, 0.717) is 24.2 Å². The minimum absolute atomic E-state index is 0.0848. The highest BCUT2D eigenvalue weighted by Gasteiger charge is 2.33. The number of H-pyrrole nitrogens is 1. The summed E-state index contributed by atoms with van der Waals surface area (Å²) in [5, 5.41) is 14.5. The maximum Gasteiger partial charge on any atom is 0.341 e. The van der Waals surface area contributed by atoms with E-state index in [2.05, 4.69) is 27.5 Å². The molecule has 0 amide bonds. The largest absolute Gasteiger partial charge is 0.462 e. The van der Waals surface area contributed by atoms with E-state index in [1.807, 2.05) is 66.2 Å². The molecule has 3 aromatic carbocycles. The first kappa shape index (κ1) is 31.4. The van der Waals surface area contributed by atoms with E-state index >= 15 is 0 Å². The van der Waals surface area contributed by atoms with Crippen molar-refractivity contribution in [3.8, 4) is 28.3 Å². The summed E-state index contributed by atoms with van der Waals surface area (Å²) in [7, 11) is 0. The third kappa shape index (κ3) is 6.29. The van der Waals surface area contributed by atoms with E-state index < -0.39 is 18.0 Å². The minimum atomic E-state index is -1.01. The number of rotatable bonds is 11. The number of unbranched alkanes of at least 4 members (excludes halogenated alkanes) is 1. The number of benzene rings is 3. The van der Waals surface area contributed by atoms with Crippen molar-refractivity contribution in [3.05, 3.63) is 118 Å². The van der Waals surface area contributed by atoms with Gasteiger partial charge in [0, 0.05) is 23.2 Å². The SMILES string of the molecule is CCCCc1c(Cc2ccc(-c3ccccc3-c3nn[nH]n3)cc2)c(=O)n2n1C(C)C=CC2C(=O)Oc1ccccc1C(=O)OCC. The van der Waals surface area contributed by atoms with Crippen LogP contribution in [0.4, 0.5) is 0 Å². The Morgan fingerprint density at radius 2 is 1.66 bits per heavy atom. The van der Waals surface area contributed by atoms with E-state index in [4.69, 9.17) is 9.47 Å². The molecule has 2 aromatic heterocycles. The molecule has 0 radical (unpaired) electrons. The van der Waals surface area contributed by atoms with Crippen LogP contribution in [0.5, 0.6) is 5.75 Å². The molecule has 0 fully saturated rings. The number of esters is 2. The number of aromatic nitrogens is 6. The lowest BCUT2D eigenvalue weighted by Crippen LogP contribution is -2.37. The van der Waals surface area contributed by atoms with Gasteiger partial charge in [-0.3, -0.25) is 9.48 Å². The Morgan fingerprint density at radius 3 is 2.38 bits per heavy atom. The average molecular weight is 633 g/mol. The number of carbonyl (C=O) groups is 2. The monoisotopic (exact) mass is 632 g/mol. The second kappa shape index (κ2) is 13.8. The van der Waals surface area contributed by atoms with Crippen molar-refractivity contribution in [1.29, 1.82) is 0 Å². The predicted molar refractivity (Wildman–Crippen MR) is 176 cm³/mol. The molecular formula is C36H36N6O5. The summed E-state index contributed by atoms with van der Waals surface area (Å²) in [5.41, 5.74) is 5.24. The van der Waals surface area contributed by atoms with Gasteiger partial charge in [0.05, 0.1) is 12.6 Å². The van der Waals surface area contributed by atoms with Crippen molar-refractivity contribution in [2.24, 2.45) is 0 Å². The van der Waals surface area contributed by atoms with Crippen molar-refractivity contribution >= 4 is 11.9 Å². The van der Waals surface area contributed by atoms with Crippen molar-refractivity contribution < 1.29 is 19.1 Å². The first-order valence-electron chi connectivity index (χ1n) is 15.8. The normalized spacial score (nSPS) is 15.3. The van der Waals surface area contributed by atoms with Crippen LogP contribution in [0.25, 0.3) is 22.5 Å². The molecule has 6 rings (SSSR count). The highest BCUT2D eigenvalue weighted by Crippen LogP contribution is 2.32. The smallest absolute Gasteiger partial charge is 0.341 e. The third-order valence-electron chi connectivity index (χ3n) is 8.31. The van der Waals surface area contributed by atoms with Crippen molar-refractivity contribution in [2.45, 2.75) is 58.5 Å². The second-order valence-corrected chi connectivity index (χ2v) is 11.4. The van der Waals surface area contributed by atoms with E-state index in [-0.39, 0.29) is 29.5 Å². The van der Waals surface area contributed by atoms with E-state index in [1.165, 1.54) is 4.68 Å². The summed E-state index contributed by atoms with van der Waals surface area (Å²) in [5.74, 6) is -0.652. The van der Waals surface area contributed by atoms with Gasteiger partial charge in [0.2, 0.25) is 5.82 Å². The number of hydrogen-bond donors (Lipinski definition) is 1. The lowest BCUT2D eigenvalue weighted by Gasteiger charge is -2.27. The maximum absolute atomic E-state index is 14.2. The predicted octanol–water partition coefficient (Wildman–Crippen LogP) is 5.88. The Hall–Kier alpha value is -5.58. The van der Waals surface area contributed by atoms with Gasteiger partial charge < -0.3 is 9.47 Å². The molecule has 240 valence electrons. The fourth-order valence-electron chi connectivity index (χ4n) is 6.04. The molecule has 0 aliphatic carbocycles. The van der Waals surface area contributed by atoms with E-state index in [9.17, 15) is 14.4 Å². The molecule has 11 heteroatoms. The molecule has 0 bridgehead atoms. The molecule has 0 spiro atoms. The molecule has 3 heterocycles. The average Bonchev–Trinajstić information content (AvgIpc) is 3.72. The summed E-state index contributed by atoms with van der Waals surface area (Å²) in [6.45, 7) is 6.01. The Balaban J connectivity index is 1.33. The van der Waals surface area contributed by atoms with Gasteiger partial charge in [0.15, 0.2) is 6.04 Å². The van der Waals surface area contributed by atoms with Gasteiger partial charge in [0.1, 0.15) is 11.3 Å². The van der Waals surface area contributed by atoms with Crippen LogP contribution in [0.15, 0.2) is 89.7 Å². The number of nitrogens with one attached hydrogen (secondary N) is 1. The van der Waals surface area contributed by atoms with Gasteiger partial charge in [-0.2, -0.15) is 5.21 Å². The Labute approximate surface area is 271 Å². The summed E-state index contributed by atoms with van der Waals surface area (Å²) >= 11 is 0. The highest BCUT2D eigenvalue weighted by atomic mass is 16.5. The van der Waals surface area contributed by atoms with Gasteiger partial charge in [-0.05, 0) is 60.7 Å². The van der Waals surface area contributed by atoms with Crippen LogP contribution in [0.2, 0.25) is 0 Å². The van der Waals surface area contributed by atoms with Crippen LogP contribution in [0, 0.1) is 0 Å². The maximum atomic E-state index is 14.2. The van der Waals surface area contributed by atoms with E-state index in [1.54, 1.807) is 37.3 Å². The molecule has 0 saturated heterocycles. The zero-order valence-electron chi connectivity index (χ0n) is 26.6. The zero-order chi connectivity index (χ0) is 32.9. The molecule has 1 N–H and O–H groups in total. The standard InChI is InChI=1S/C36H36N6O5/c1-4-6-14-30-29(22-24-17-19-25(20-18-24)26-11-7-8-12-27(26)33-37-39-40-38-33)34(43)42-31(21-16-23(3)41(30)42)36(45)47-32-15-10-9-13-28(32)35(44)46-5-2/h7-13,15-21,23,31H,4-6,14,22H2,1-3H3,(H,37,38,39,40). The molecule has 1 aliphatic heterocycles. The van der Waals surface area contributed by atoms with Gasteiger partial charge >= 0.3 is 11.9 Å². The van der Waals surface area contributed by atoms with Crippen LogP contribution < -0.4 is 10.3 Å². The number of fused-ring (bicyclic) bond motifs is 1. The summed E-state index contributed by atoms with van der Waals surface area (Å²) < 4.78 is 14.3. The fraction of sp³-hybridized carbons (Fsp3) is 0.278. The van der Waals surface area contributed by atoms with Crippen LogP contribution in [-0.4, -0.2) is 48.5 Å². The molecule has 5 aromatic rings. The molecule has 0 saturated carbocycles. The topological polar surface area (TPSA) is 134 Å². The third-order valence-corrected chi connectivity index (χ3v) is 8.31. The number of tetrazole rings is 1. The second-order valence-electron chi connectivity index (χ2n) is 11.4.